The SMILES string of the molecule is COc1cc(NC2CCOC2)c(OC)cc1Cl. The fourth-order valence-electron chi connectivity index (χ4n) is 1.84. The van der Waals surface area contributed by atoms with Crippen molar-refractivity contribution >= 4 is 17.3 Å². The van der Waals surface area contributed by atoms with Gasteiger partial charge in [-0.1, -0.05) is 11.6 Å². The van der Waals surface area contributed by atoms with Crippen molar-refractivity contribution in [3.8, 4) is 11.5 Å². The number of ether oxygens (including phenoxy) is 3. The van der Waals surface area contributed by atoms with Gasteiger partial charge in [-0.2, -0.15) is 0 Å². The first kappa shape index (κ1) is 12.3. The standard InChI is InChI=1S/C12H16ClNO3/c1-15-11-6-10(12(16-2)5-9(11)13)14-8-3-4-17-7-8/h5-6,8,14H,3-4,7H2,1-2H3. The van der Waals surface area contributed by atoms with Crippen LogP contribution in [0.3, 0.4) is 0 Å². The molecule has 1 fully saturated rings. The van der Waals surface area contributed by atoms with E-state index >= 15 is 0 Å². The van der Waals surface area contributed by atoms with Gasteiger partial charge in [-0.15, -0.1) is 0 Å². The normalized spacial score (nSPS) is 19.1. The number of rotatable bonds is 4. The van der Waals surface area contributed by atoms with E-state index in [9.17, 15) is 0 Å². The summed E-state index contributed by atoms with van der Waals surface area (Å²) in [6, 6.07) is 3.91. The minimum Gasteiger partial charge on any atom is -0.495 e. The van der Waals surface area contributed by atoms with Crippen LogP contribution in [0.2, 0.25) is 5.02 Å². The average molecular weight is 258 g/mol. The number of hydrogen-bond acceptors (Lipinski definition) is 4. The second-order valence-electron chi connectivity index (χ2n) is 3.89. The summed E-state index contributed by atoms with van der Waals surface area (Å²) in [6.45, 7) is 1.51. The van der Waals surface area contributed by atoms with Crippen molar-refractivity contribution in [1.29, 1.82) is 0 Å². The average Bonchev–Trinajstić information content (AvgIpc) is 2.83. The zero-order valence-electron chi connectivity index (χ0n) is 9.96. The Morgan fingerprint density at radius 2 is 2.06 bits per heavy atom. The molecular formula is C12H16ClNO3. The smallest absolute Gasteiger partial charge is 0.143 e. The molecule has 1 N–H and O–H groups in total. The lowest BCUT2D eigenvalue weighted by molar-refractivity contribution is 0.195. The number of methoxy groups -OCH3 is 2. The van der Waals surface area contributed by atoms with E-state index in [1.54, 1.807) is 20.3 Å². The van der Waals surface area contributed by atoms with E-state index in [0.29, 0.717) is 29.2 Å². The highest BCUT2D eigenvalue weighted by atomic mass is 35.5. The van der Waals surface area contributed by atoms with E-state index < -0.39 is 0 Å². The topological polar surface area (TPSA) is 39.7 Å². The van der Waals surface area contributed by atoms with E-state index in [2.05, 4.69) is 5.32 Å². The minimum atomic E-state index is 0.315. The van der Waals surface area contributed by atoms with Crippen LogP contribution in [0.1, 0.15) is 6.42 Å². The van der Waals surface area contributed by atoms with Gasteiger partial charge >= 0.3 is 0 Å². The Morgan fingerprint density at radius 3 is 2.65 bits per heavy atom. The molecule has 0 aliphatic carbocycles. The highest BCUT2D eigenvalue weighted by Crippen LogP contribution is 2.36. The van der Waals surface area contributed by atoms with E-state index in [-0.39, 0.29) is 0 Å². The second kappa shape index (κ2) is 5.47. The van der Waals surface area contributed by atoms with Crippen LogP contribution in [0.4, 0.5) is 5.69 Å². The number of halogens is 1. The Labute approximate surface area is 106 Å². The molecule has 0 amide bonds. The monoisotopic (exact) mass is 257 g/mol. The summed E-state index contributed by atoms with van der Waals surface area (Å²) in [6.07, 6.45) is 0.994. The summed E-state index contributed by atoms with van der Waals surface area (Å²) in [5, 5.41) is 3.91. The lowest BCUT2D eigenvalue weighted by atomic mass is 10.2. The van der Waals surface area contributed by atoms with Crippen LogP contribution < -0.4 is 14.8 Å². The van der Waals surface area contributed by atoms with E-state index in [4.69, 9.17) is 25.8 Å². The molecule has 5 heteroatoms. The Hall–Kier alpha value is -1.13. The van der Waals surface area contributed by atoms with Gasteiger partial charge < -0.3 is 19.5 Å². The first-order chi connectivity index (χ1) is 8.24. The van der Waals surface area contributed by atoms with Crippen LogP contribution in [0, 0.1) is 0 Å². The Bertz CT molecular complexity index is 392. The predicted octanol–water partition coefficient (Wildman–Crippen LogP) is 2.56. The highest BCUT2D eigenvalue weighted by Gasteiger charge is 2.18. The van der Waals surface area contributed by atoms with Gasteiger partial charge in [-0.3, -0.25) is 0 Å². The summed E-state index contributed by atoms with van der Waals surface area (Å²) in [5.41, 5.74) is 0.879. The molecule has 1 aliphatic heterocycles. The van der Waals surface area contributed by atoms with Crippen molar-refractivity contribution in [3.63, 3.8) is 0 Å². The molecule has 1 atom stereocenters. The molecule has 0 spiro atoms. The lowest BCUT2D eigenvalue weighted by Crippen LogP contribution is -2.19. The molecule has 0 aromatic heterocycles. The first-order valence-electron chi connectivity index (χ1n) is 5.50. The Kier molecular flexibility index (Phi) is 3.97. The highest BCUT2D eigenvalue weighted by molar-refractivity contribution is 6.32. The third-order valence-corrected chi connectivity index (χ3v) is 3.06. The number of nitrogens with one attached hydrogen (secondary N) is 1. The maximum absolute atomic E-state index is 6.04. The van der Waals surface area contributed by atoms with Gasteiger partial charge in [0.25, 0.3) is 0 Å². The number of anilines is 1. The molecular weight excluding hydrogens is 242 g/mol. The van der Waals surface area contributed by atoms with Crippen molar-refractivity contribution < 1.29 is 14.2 Å². The van der Waals surface area contributed by atoms with Gasteiger partial charge in [0.2, 0.25) is 0 Å². The second-order valence-corrected chi connectivity index (χ2v) is 4.30. The molecule has 1 aromatic carbocycles. The van der Waals surface area contributed by atoms with Gasteiger partial charge in [0.15, 0.2) is 0 Å². The van der Waals surface area contributed by atoms with Crippen LogP contribution in [-0.4, -0.2) is 33.5 Å². The molecule has 1 aliphatic rings. The van der Waals surface area contributed by atoms with Gasteiger partial charge in [0.05, 0.1) is 37.6 Å². The third-order valence-electron chi connectivity index (χ3n) is 2.76. The molecule has 94 valence electrons. The van der Waals surface area contributed by atoms with Crippen LogP contribution >= 0.6 is 11.6 Å². The minimum absolute atomic E-state index is 0.315. The van der Waals surface area contributed by atoms with Crippen molar-refractivity contribution in [1.82, 2.24) is 0 Å². The summed E-state index contributed by atoms with van der Waals surface area (Å²) in [7, 11) is 3.21. The summed E-state index contributed by atoms with van der Waals surface area (Å²) in [4.78, 5) is 0. The zero-order valence-corrected chi connectivity index (χ0v) is 10.7. The summed E-state index contributed by atoms with van der Waals surface area (Å²) in [5.74, 6) is 1.34. The van der Waals surface area contributed by atoms with Crippen LogP contribution in [0.25, 0.3) is 0 Å². The molecule has 17 heavy (non-hydrogen) atoms. The summed E-state index contributed by atoms with van der Waals surface area (Å²) < 4.78 is 15.8. The van der Waals surface area contributed by atoms with Gasteiger partial charge in [-0.05, 0) is 6.42 Å². The first-order valence-corrected chi connectivity index (χ1v) is 5.88. The maximum atomic E-state index is 6.04. The number of hydrogen-bond donors (Lipinski definition) is 1. The third kappa shape index (κ3) is 2.76. The quantitative estimate of drug-likeness (QED) is 0.900. The molecule has 1 aromatic rings. The maximum Gasteiger partial charge on any atom is 0.143 e. The van der Waals surface area contributed by atoms with E-state index in [1.807, 2.05) is 6.07 Å². The fourth-order valence-corrected chi connectivity index (χ4v) is 2.07. The molecule has 1 unspecified atom stereocenters. The number of benzene rings is 1. The van der Waals surface area contributed by atoms with Gasteiger partial charge in [0.1, 0.15) is 11.5 Å². The van der Waals surface area contributed by atoms with Crippen LogP contribution in [0.15, 0.2) is 12.1 Å². The van der Waals surface area contributed by atoms with Crippen molar-refractivity contribution in [2.24, 2.45) is 0 Å². The van der Waals surface area contributed by atoms with Crippen molar-refractivity contribution in [2.75, 3.05) is 32.8 Å². The molecule has 0 saturated carbocycles. The predicted molar refractivity (Wildman–Crippen MR) is 67.4 cm³/mol. The molecule has 0 bridgehead atoms. The van der Waals surface area contributed by atoms with Crippen LogP contribution in [0.5, 0.6) is 11.5 Å². The fraction of sp³-hybridized carbons (Fsp3) is 0.500. The lowest BCUT2D eigenvalue weighted by Gasteiger charge is -2.17. The largest absolute Gasteiger partial charge is 0.495 e. The van der Waals surface area contributed by atoms with Crippen LogP contribution in [-0.2, 0) is 4.74 Å². The molecule has 2 rings (SSSR count). The van der Waals surface area contributed by atoms with Crippen molar-refractivity contribution in [3.05, 3.63) is 17.2 Å². The molecule has 0 radical (unpaired) electrons. The zero-order chi connectivity index (χ0) is 12.3. The molecule has 1 heterocycles. The van der Waals surface area contributed by atoms with E-state index in [0.717, 1.165) is 18.7 Å². The van der Waals surface area contributed by atoms with Gasteiger partial charge in [-0.25, -0.2) is 0 Å². The molecule has 4 nitrogen and oxygen atoms in total. The Balaban J connectivity index is 2.23. The van der Waals surface area contributed by atoms with Crippen molar-refractivity contribution in [2.45, 2.75) is 12.5 Å². The van der Waals surface area contributed by atoms with Gasteiger partial charge in [0, 0.05) is 18.7 Å². The summed E-state index contributed by atoms with van der Waals surface area (Å²) >= 11 is 6.04. The Morgan fingerprint density at radius 1 is 1.29 bits per heavy atom. The van der Waals surface area contributed by atoms with E-state index in [1.165, 1.54) is 0 Å². The molecule has 1 saturated heterocycles.